The van der Waals surface area contributed by atoms with Crippen molar-refractivity contribution in [1.82, 2.24) is 0 Å². The van der Waals surface area contributed by atoms with Crippen molar-refractivity contribution in [1.29, 1.82) is 0 Å². The molecule has 0 heterocycles. The Bertz CT molecular complexity index is 685. The molecule has 134 valence electrons. The van der Waals surface area contributed by atoms with Crippen LogP contribution in [0.4, 0.5) is 0 Å². The number of oxime groups is 1. The zero-order chi connectivity index (χ0) is 17.7. The molecule has 2 fully saturated rings. The monoisotopic (exact) mass is 339 g/mol. The van der Waals surface area contributed by atoms with Gasteiger partial charge in [0.25, 0.3) is 0 Å². The number of aliphatic hydroxyl groups is 1. The van der Waals surface area contributed by atoms with Gasteiger partial charge in [-0.25, -0.2) is 0 Å². The van der Waals surface area contributed by atoms with Crippen LogP contribution in [0.15, 0.2) is 29.0 Å². The fourth-order valence-corrected chi connectivity index (χ4v) is 6.58. The SMILES string of the molecule is C#C[C@]1(O)C=C[C@H]2[C@@H]3CCC4=C/C(=N\OC)CC[C@@H]4[C@H]3CC[C@@]21CC. The first-order valence-corrected chi connectivity index (χ1v) is 9.78. The van der Waals surface area contributed by atoms with Gasteiger partial charge in [-0.2, -0.15) is 0 Å². The van der Waals surface area contributed by atoms with E-state index in [0.717, 1.165) is 37.3 Å². The van der Waals surface area contributed by atoms with Crippen LogP contribution in [-0.4, -0.2) is 23.5 Å². The summed E-state index contributed by atoms with van der Waals surface area (Å²) in [6.07, 6.45) is 20.0. The average Bonchev–Trinajstić information content (AvgIpc) is 2.95. The van der Waals surface area contributed by atoms with Gasteiger partial charge in [0.2, 0.25) is 0 Å². The first-order chi connectivity index (χ1) is 12.1. The van der Waals surface area contributed by atoms with Crippen LogP contribution >= 0.6 is 0 Å². The zero-order valence-electron chi connectivity index (χ0n) is 15.4. The lowest BCUT2D eigenvalue weighted by Crippen LogP contribution is -2.54. The molecule has 0 saturated heterocycles. The Labute approximate surface area is 151 Å². The summed E-state index contributed by atoms with van der Waals surface area (Å²) in [6, 6.07) is 0. The fourth-order valence-electron chi connectivity index (χ4n) is 6.58. The Hall–Kier alpha value is -1.53. The zero-order valence-corrected chi connectivity index (χ0v) is 15.4. The van der Waals surface area contributed by atoms with Gasteiger partial charge in [-0.3, -0.25) is 0 Å². The van der Waals surface area contributed by atoms with E-state index in [2.05, 4.69) is 30.2 Å². The van der Waals surface area contributed by atoms with Crippen molar-refractivity contribution in [2.24, 2.45) is 34.2 Å². The molecular weight excluding hydrogens is 310 g/mol. The van der Waals surface area contributed by atoms with Crippen molar-refractivity contribution in [3.05, 3.63) is 23.8 Å². The van der Waals surface area contributed by atoms with Crippen molar-refractivity contribution >= 4 is 5.71 Å². The number of nitrogens with zero attached hydrogens (tertiary/aromatic N) is 1. The predicted molar refractivity (Wildman–Crippen MR) is 99.8 cm³/mol. The molecule has 4 aliphatic carbocycles. The van der Waals surface area contributed by atoms with Crippen molar-refractivity contribution < 1.29 is 9.94 Å². The maximum absolute atomic E-state index is 11.1. The van der Waals surface area contributed by atoms with Crippen molar-refractivity contribution in [3.8, 4) is 12.3 Å². The minimum absolute atomic E-state index is 0.151. The Morgan fingerprint density at radius 3 is 2.88 bits per heavy atom. The molecule has 4 rings (SSSR count). The number of rotatable bonds is 2. The first-order valence-electron chi connectivity index (χ1n) is 9.78. The van der Waals surface area contributed by atoms with Gasteiger partial charge in [0.1, 0.15) is 12.7 Å². The number of terminal acetylenes is 1. The van der Waals surface area contributed by atoms with Crippen LogP contribution in [-0.2, 0) is 4.84 Å². The molecule has 0 radical (unpaired) electrons. The second kappa shape index (κ2) is 6.02. The molecule has 0 spiro atoms. The molecule has 1 N–H and O–H groups in total. The molecule has 4 aliphatic rings. The Morgan fingerprint density at radius 2 is 2.16 bits per heavy atom. The molecule has 0 aromatic heterocycles. The van der Waals surface area contributed by atoms with Crippen molar-refractivity contribution in [2.45, 2.75) is 57.5 Å². The van der Waals surface area contributed by atoms with E-state index in [-0.39, 0.29) is 5.41 Å². The summed E-state index contributed by atoms with van der Waals surface area (Å²) in [7, 11) is 1.62. The molecule has 25 heavy (non-hydrogen) atoms. The van der Waals surface area contributed by atoms with Gasteiger partial charge < -0.3 is 9.94 Å². The Kier molecular flexibility index (Phi) is 4.07. The molecule has 6 atom stereocenters. The molecule has 3 heteroatoms. The van der Waals surface area contributed by atoms with Gasteiger partial charge in [0, 0.05) is 5.41 Å². The Morgan fingerprint density at radius 1 is 1.32 bits per heavy atom. The number of fused-ring (bicyclic) bond motifs is 5. The number of allylic oxidation sites excluding steroid dienone is 3. The van der Waals surface area contributed by atoms with E-state index >= 15 is 0 Å². The van der Waals surface area contributed by atoms with E-state index < -0.39 is 5.60 Å². The highest BCUT2D eigenvalue weighted by Gasteiger charge is 2.61. The molecule has 0 aromatic carbocycles. The Balaban J connectivity index is 1.64. The molecule has 0 unspecified atom stereocenters. The van der Waals surface area contributed by atoms with E-state index in [1.807, 2.05) is 6.08 Å². The molecular formula is C22H29NO2. The second-order valence-corrected chi connectivity index (χ2v) is 8.34. The van der Waals surface area contributed by atoms with Gasteiger partial charge in [0.15, 0.2) is 0 Å². The summed E-state index contributed by atoms with van der Waals surface area (Å²) in [5.41, 5.74) is 1.45. The summed E-state index contributed by atoms with van der Waals surface area (Å²) in [5.74, 6) is 5.20. The van der Waals surface area contributed by atoms with Crippen LogP contribution < -0.4 is 0 Å². The highest BCUT2D eigenvalue weighted by atomic mass is 16.6. The van der Waals surface area contributed by atoms with E-state index in [4.69, 9.17) is 11.3 Å². The highest BCUT2D eigenvalue weighted by molar-refractivity contribution is 5.96. The minimum atomic E-state index is -1.06. The maximum Gasteiger partial charge on any atom is 0.149 e. The third-order valence-electron chi connectivity index (χ3n) is 7.76. The van der Waals surface area contributed by atoms with Gasteiger partial charge in [-0.05, 0) is 80.8 Å². The predicted octanol–water partition coefficient (Wildman–Crippen LogP) is 4.09. The van der Waals surface area contributed by atoms with Gasteiger partial charge >= 0.3 is 0 Å². The van der Waals surface area contributed by atoms with Crippen LogP contribution in [0.1, 0.15) is 51.9 Å². The molecule has 3 nitrogen and oxygen atoms in total. The van der Waals surface area contributed by atoms with E-state index in [1.165, 1.54) is 19.3 Å². The fraction of sp³-hybridized carbons (Fsp3) is 0.682. The average molecular weight is 339 g/mol. The number of hydrogen-bond acceptors (Lipinski definition) is 3. The van der Waals surface area contributed by atoms with Crippen LogP contribution in [0.5, 0.6) is 0 Å². The first kappa shape index (κ1) is 16.9. The van der Waals surface area contributed by atoms with Crippen LogP contribution in [0.3, 0.4) is 0 Å². The third kappa shape index (κ3) is 2.27. The summed E-state index contributed by atoms with van der Waals surface area (Å²) < 4.78 is 0. The van der Waals surface area contributed by atoms with Gasteiger partial charge in [-0.1, -0.05) is 29.6 Å². The second-order valence-electron chi connectivity index (χ2n) is 8.34. The van der Waals surface area contributed by atoms with Gasteiger partial charge in [0.05, 0.1) is 5.71 Å². The normalized spacial score (nSPS) is 46.6. The lowest BCUT2D eigenvalue weighted by Gasteiger charge is -2.56. The lowest BCUT2D eigenvalue weighted by atomic mass is 9.49. The molecule has 2 saturated carbocycles. The van der Waals surface area contributed by atoms with Crippen LogP contribution in [0, 0.1) is 41.4 Å². The number of hydrogen-bond donors (Lipinski definition) is 1. The summed E-state index contributed by atoms with van der Waals surface area (Å²) >= 11 is 0. The van der Waals surface area contributed by atoms with Crippen LogP contribution in [0.2, 0.25) is 0 Å². The quantitative estimate of drug-likeness (QED) is 0.468. The molecule has 0 aromatic rings. The molecule has 0 bridgehead atoms. The third-order valence-corrected chi connectivity index (χ3v) is 7.76. The standard InChI is InChI=1S/C22H29NO2/c1-4-21-12-10-18-17-9-7-16(23-25-3)14-15(17)6-8-19(18)20(21)11-13-22(21,24)5-2/h2,11,13-14,17-20,24H,4,6-10,12H2,1,3H3/b23-16-/t17-,18+,19+,20-,21-,22-/m0/s1. The molecule has 0 aliphatic heterocycles. The lowest BCUT2D eigenvalue weighted by molar-refractivity contribution is -0.0871. The summed E-state index contributed by atoms with van der Waals surface area (Å²) in [4.78, 5) is 4.98. The summed E-state index contributed by atoms with van der Waals surface area (Å²) in [5, 5.41) is 15.3. The van der Waals surface area contributed by atoms with Crippen molar-refractivity contribution in [3.63, 3.8) is 0 Å². The topological polar surface area (TPSA) is 41.8 Å². The smallest absolute Gasteiger partial charge is 0.149 e. The minimum Gasteiger partial charge on any atom is -0.399 e. The largest absolute Gasteiger partial charge is 0.399 e. The van der Waals surface area contributed by atoms with Gasteiger partial charge in [-0.15, -0.1) is 6.42 Å². The highest BCUT2D eigenvalue weighted by Crippen LogP contribution is 2.63. The van der Waals surface area contributed by atoms with E-state index in [9.17, 15) is 5.11 Å². The van der Waals surface area contributed by atoms with E-state index in [1.54, 1.807) is 12.7 Å². The van der Waals surface area contributed by atoms with E-state index in [0.29, 0.717) is 17.8 Å². The summed E-state index contributed by atoms with van der Waals surface area (Å²) in [6.45, 7) is 2.20. The molecule has 0 amide bonds. The maximum atomic E-state index is 11.1. The van der Waals surface area contributed by atoms with Crippen molar-refractivity contribution in [2.75, 3.05) is 7.11 Å². The van der Waals surface area contributed by atoms with Crippen LogP contribution in [0.25, 0.3) is 0 Å².